The second kappa shape index (κ2) is 7.14. The van der Waals surface area contributed by atoms with Crippen molar-refractivity contribution < 1.29 is 9.53 Å². The van der Waals surface area contributed by atoms with Gasteiger partial charge in [-0.2, -0.15) is 0 Å². The van der Waals surface area contributed by atoms with Crippen molar-refractivity contribution >= 4 is 11.6 Å². The highest BCUT2D eigenvalue weighted by Crippen LogP contribution is 2.26. The number of rotatable bonds is 7. The van der Waals surface area contributed by atoms with Crippen LogP contribution in [0.3, 0.4) is 0 Å². The van der Waals surface area contributed by atoms with Gasteiger partial charge in [0.15, 0.2) is 5.75 Å². The fraction of sp³-hybridized carbons (Fsp3) is 0.533. The van der Waals surface area contributed by atoms with Crippen LogP contribution in [-0.4, -0.2) is 36.0 Å². The third kappa shape index (κ3) is 4.13. The van der Waals surface area contributed by atoms with E-state index in [1.165, 1.54) is 0 Å². The Morgan fingerprint density at radius 1 is 1.25 bits per heavy atom. The van der Waals surface area contributed by atoms with Gasteiger partial charge in [-0.1, -0.05) is 6.07 Å². The van der Waals surface area contributed by atoms with Gasteiger partial charge in [0.25, 0.3) is 5.91 Å². The van der Waals surface area contributed by atoms with E-state index < -0.39 is 5.91 Å². The summed E-state index contributed by atoms with van der Waals surface area (Å²) in [5.41, 5.74) is 11.9. The van der Waals surface area contributed by atoms with E-state index in [9.17, 15) is 4.79 Å². The largest absolute Gasteiger partial charge is 0.489 e. The van der Waals surface area contributed by atoms with Crippen molar-refractivity contribution in [1.82, 2.24) is 4.90 Å². The molecule has 0 aliphatic carbocycles. The average Bonchev–Trinajstić information content (AvgIpc) is 2.34. The monoisotopic (exact) mass is 279 g/mol. The molecule has 0 bridgehead atoms. The summed E-state index contributed by atoms with van der Waals surface area (Å²) in [6, 6.07) is 5.88. The van der Waals surface area contributed by atoms with Crippen LogP contribution in [0.15, 0.2) is 18.2 Å². The number of anilines is 1. The number of hydrogen-bond donors (Lipinski definition) is 2. The topological polar surface area (TPSA) is 81.6 Å². The number of para-hydroxylation sites is 1. The van der Waals surface area contributed by atoms with Crippen molar-refractivity contribution in [2.45, 2.75) is 39.8 Å². The van der Waals surface area contributed by atoms with Gasteiger partial charge in [0.1, 0.15) is 6.61 Å². The van der Waals surface area contributed by atoms with Gasteiger partial charge in [0.05, 0.1) is 11.3 Å². The van der Waals surface area contributed by atoms with E-state index in [4.69, 9.17) is 16.2 Å². The van der Waals surface area contributed by atoms with E-state index in [2.05, 4.69) is 32.6 Å². The highest BCUT2D eigenvalue weighted by Gasteiger charge is 2.15. The number of carbonyl (C=O) groups is 1. The lowest BCUT2D eigenvalue weighted by Crippen LogP contribution is -2.39. The minimum atomic E-state index is -0.531. The lowest BCUT2D eigenvalue weighted by atomic mass is 10.1. The normalized spacial score (nSPS) is 11.3. The van der Waals surface area contributed by atoms with Gasteiger partial charge >= 0.3 is 0 Å². The number of nitrogen functional groups attached to an aromatic ring is 1. The Morgan fingerprint density at radius 3 is 2.35 bits per heavy atom. The van der Waals surface area contributed by atoms with Crippen LogP contribution < -0.4 is 16.2 Å². The Hall–Kier alpha value is -1.75. The number of benzene rings is 1. The van der Waals surface area contributed by atoms with Crippen LogP contribution in [0.25, 0.3) is 0 Å². The molecule has 112 valence electrons. The number of primary amides is 1. The highest BCUT2D eigenvalue weighted by molar-refractivity contribution is 5.97. The number of carbonyl (C=O) groups excluding carboxylic acids is 1. The number of ether oxygens (including phenoxy) is 1. The fourth-order valence-electron chi connectivity index (χ4n) is 2.28. The number of amides is 1. The molecule has 1 aromatic rings. The molecule has 0 fully saturated rings. The van der Waals surface area contributed by atoms with E-state index in [0.29, 0.717) is 35.7 Å². The molecule has 1 aromatic carbocycles. The van der Waals surface area contributed by atoms with Crippen LogP contribution in [0.2, 0.25) is 0 Å². The first-order valence-corrected chi connectivity index (χ1v) is 6.91. The van der Waals surface area contributed by atoms with E-state index in [-0.39, 0.29) is 0 Å². The molecule has 4 N–H and O–H groups in total. The molecule has 0 aliphatic rings. The molecule has 1 amide bonds. The van der Waals surface area contributed by atoms with Crippen LogP contribution in [0.4, 0.5) is 5.69 Å². The predicted octanol–water partition coefficient (Wildman–Crippen LogP) is 1.87. The van der Waals surface area contributed by atoms with Gasteiger partial charge in [-0.25, -0.2) is 0 Å². The molecule has 0 saturated carbocycles. The molecule has 0 radical (unpaired) electrons. The second-order valence-electron chi connectivity index (χ2n) is 5.36. The zero-order valence-electron chi connectivity index (χ0n) is 12.7. The molecule has 0 spiro atoms. The SMILES string of the molecule is CC(C)N(CCOc1c(N)cccc1C(N)=O)C(C)C. The third-order valence-electron chi connectivity index (χ3n) is 3.23. The maximum absolute atomic E-state index is 11.4. The first kappa shape index (κ1) is 16.3. The zero-order valence-corrected chi connectivity index (χ0v) is 12.7. The van der Waals surface area contributed by atoms with Gasteiger partial charge in [0.2, 0.25) is 0 Å². The van der Waals surface area contributed by atoms with Crippen molar-refractivity contribution in [3.05, 3.63) is 23.8 Å². The van der Waals surface area contributed by atoms with E-state index in [0.717, 1.165) is 6.54 Å². The summed E-state index contributed by atoms with van der Waals surface area (Å²) in [7, 11) is 0. The Balaban J connectivity index is 2.73. The van der Waals surface area contributed by atoms with Gasteiger partial charge in [-0.05, 0) is 39.8 Å². The van der Waals surface area contributed by atoms with Gasteiger partial charge in [-0.3, -0.25) is 9.69 Å². The average molecular weight is 279 g/mol. The van der Waals surface area contributed by atoms with Crippen LogP contribution in [0, 0.1) is 0 Å². The first-order chi connectivity index (χ1) is 9.34. The first-order valence-electron chi connectivity index (χ1n) is 6.91. The summed E-state index contributed by atoms with van der Waals surface area (Å²) in [6.07, 6.45) is 0. The fourth-order valence-corrected chi connectivity index (χ4v) is 2.28. The Labute approximate surface area is 120 Å². The summed E-state index contributed by atoms with van der Waals surface area (Å²) in [5.74, 6) is -0.149. The summed E-state index contributed by atoms with van der Waals surface area (Å²) in [4.78, 5) is 13.7. The van der Waals surface area contributed by atoms with Crippen molar-refractivity contribution in [3.8, 4) is 5.75 Å². The maximum Gasteiger partial charge on any atom is 0.252 e. The molecular formula is C15H25N3O2. The Kier molecular flexibility index (Phi) is 5.82. The number of nitrogens with zero attached hydrogens (tertiary/aromatic N) is 1. The smallest absolute Gasteiger partial charge is 0.252 e. The van der Waals surface area contributed by atoms with Crippen LogP contribution >= 0.6 is 0 Å². The lowest BCUT2D eigenvalue weighted by molar-refractivity contribution is 0.0993. The van der Waals surface area contributed by atoms with E-state index >= 15 is 0 Å². The molecular weight excluding hydrogens is 254 g/mol. The van der Waals surface area contributed by atoms with Crippen LogP contribution in [-0.2, 0) is 0 Å². The van der Waals surface area contributed by atoms with Gasteiger partial charge in [0, 0.05) is 18.6 Å². The van der Waals surface area contributed by atoms with Crippen molar-refractivity contribution in [2.24, 2.45) is 5.73 Å². The minimum absolute atomic E-state index is 0.325. The van der Waals surface area contributed by atoms with E-state index in [1.807, 2.05) is 0 Å². The van der Waals surface area contributed by atoms with Crippen LogP contribution in [0.1, 0.15) is 38.1 Å². The zero-order chi connectivity index (χ0) is 15.3. The number of nitrogens with two attached hydrogens (primary N) is 2. The van der Waals surface area contributed by atoms with E-state index in [1.54, 1.807) is 18.2 Å². The molecule has 5 heteroatoms. The highest BCUT2D eigenvalue weighted by atomic mass is 16.5. The summed E-state index contributed by atoms with van der Waals surface area (Å²) in [5, 5.41) is 0. The van der Waals surface area contributed by atoms with Gasteiger partial charge in [-0.15, -0.1) is 0 Å². The van der Waals surface area contributed by atoms with Crippen molar-refractivity contribution in [3.63, 3.8) is 0 Å². The summed E-state index contributed by atoms with van der Waals surface area (Å²) in [6.45, 7) is 9.81. The molecule has 0 heterocycles. The predicted molar refractivity (Wildman–Crippen MR) is 81.8 cm³/mol. The molecule has 0 aliphatic heterocycles. The lowest BCUT2D eigenvalue weighted by Gasteiger charge is -2.30. The minimum Gasteiger partial charge on any atom is -0.489 e. The summed E-state index contributed by atoms with van der Waals surface area (Å²) < 4.78 is 5.69. The van der Waals surface area contributed by atoms with Gasteiger partial charge < -0.3 is 16.2 Å². The molecule has 1 rings (SSSR count). The van der Waals surface area contributed by atoms with Crippen molar-refractivity contribution in [1.29, 1.82) is 0 Å². The molecule has 0 unspecified atom stereocenters. The second-order valence-corrected chi connectivity index (χ2v) is 5.36. The van der Waals surface area contributed by atoms with Crippen molar-refractivity contribution in [2.75, 3.05) is 18.9 Å². The molecule has 5 nitrogen and oxygen atoms in total. The van der Waals surface area contributed by atoms with Crippen LogP contribution in [0.5, 0.6) is 5.75 Å². The summed E-state index contributed by atoms with van der Waals surface area (Å²) >= 11 is 0. The molecule has 0 atom stereocenters. The third-order valence-corrected chi connectivity index (χ3v) is 3.23. The molecule has 0 saturated heterocycles. The maximum atomic E-state index is 11.4. The quantitative estimate of drug-likeness (QED) is 0.746. The molecule has 0 aromatic heterocycles. The Bertz CT molecular complexity index is 450. The number of hydrogen-bond acceptors (Lipinski definition) is 4. The standard InChI is InChI=1S/C15H25N3O2/c1-10(2)18(11(3)4)8-9-20-14-12(15(17)19)6-5-7-13(14)16/h5-7,10-11H,8-9,16H2,1-4H3,(H2,17,19). The molecule has 20 heavy (non-hydrogen) atoms. The Morgan fingerprint density at radius 2 is 1.85 bits per heavy atom.